The standard InChI is InChI=1S/C35H36O6/c1-37-31-15-13-27(20-33(31)38-2)17-29-19-30(35(36)41-24-29)18-28-14-16-32(39-22-25-9-5-3-6-10-25)34(21-28)40-23-26-11-7-4-8-12-26/h3-16,20-21,29-30H,17-19,22-24H2,1-2H3/t29-,30?/m1/s1. The first-order chi connectivity index (χ1) is 20.1. The summed E-state index contributed by atoms with van der Waals surface area (Å²) in [4.78, 5) is 12.8. The first-order valence-corrected chi connectivity index (χ1v) is 13.9. The minimum absolute atomic E-state index is 0.148. The Morgan fingerprint density at radius 2 is 1.20 bits per heavy atom. The molecule has 5 rings (SSSR count). The second kappa shape index (κ2) is 13.8. The zero-order valence-electron chi connectivity index (χ0n) is 23.6. The molecule has 4 aromatic carbocycles. The Morgan fingerprint density at radius 3 is 1.83 bits per heavy atom. The Kier molecular flexibility index (Phi) is 9.42. The summed E-state index contributed by atoms with van der Waals surface area (Å²) in [6, 6.07) is 32.0. The topological polar surface area (TPSA) is 63.2 Å². The Hall–Kier alpha value is -4.45. The first kappa shape index (κ1) is 28.1. The SMILES string of the molecule is COc1ccc(C[C@H]2COC(=O)C(Cc3ccc(OCc4ccccc4)c(OCc4ccccc4)c3)C2)cc1OC. The van der Waals surface area contributed by atoms with Gasteiger partial charge in [-0.25, -0.2) is 0 Å². The fourth-order valence-corrected chi connectivity index (χ4v) is 5.20. The summed E-state index contributed by atoms with van der Waals surface area (Å²) in [5, 5.41) is 0. The van der Waals surface area contributed by atoms with Gasteiger partial charge in [-0.05, 0) is 71.7 Å². The molecule has 0 aromatic heterocycles. The Morgan fingerprint density at radius 1 is 0.634 bits per heavy atom. The van der Waals surface area contributed by atoms with Crippen LogP contribution >= 0.6 is 0 Å². The van der Waals surface area contributed by atoms with Crippen LogP contribution in [-0.4, -0.2) is 26.8 Å². The van der Waals surface area contributed by atoms with Gasteiger partial charge in [0, 0.05) is 0 Å². The molecule has 41 heavy (non-hydrogen) atoms. The second-order valence-electron chi connectivity index (χ2n) is 10.4. The summed E-state index contributed by atoms with van der Waals surface area (Å²) < 4.78 is 28.9. The van der Waals surface area contributed by atoms with E-state index in [-0.39, 0.29) is 17.8 Å². The van der Waals surface area contributed by atoms with Gasteiger partial charge in [0.2, 0.25) is 0 Å². The van der Waals surface area contributed by atoms with Crippen molar-refractivity contribution in [2.24, 2.45) is 11.8 Å². The molecule has 4 aromatic rings. The van der Waals surface area contributed by atoms with Crippen molar-refractivity contribution in [1.29, 1.82) is 0 Å². The van der Waals surface area contributed by atoms with Gasteiger partial charge in [0.1, 0.15) is 13.2 Å². The van der Waals surface area contributed by atoms with Crippen LogP contribution in [0.4, 0.5) is 0 Å². The molecule has 1 heterocycles. The van der Waals surface area contributed by atoms with Gasteiger partial charge >= 0.3 is 5.97 Å². The van der Waals surface area contributed by atoms with Crippen LogP contribution in [0, 0.1) is 11.8 Å². The van der Waals surface area contributed by atoms with E-state index in [1.54, 1.807) is 14.2 Å². The summed E-state index contributed by atoms with van der Waals surface area (Å²) in [6.45, 7) is 1.28. The highest BCUT2D eigenvalue weighted by Crippen LogP contribution is 2.34. The molecule has 1 saturated heterocycles. The van der Waals surface area contributed by atoms with Gasteiger partial charge < -0.3 is 23.7 Å². The van der Waals surface area contributed by atoms with Crippen molar-refractivity contribution in [2.75, 3.05) is 20.8 Å². The average Bonchev–Trinajstić information content (AvgIpc) is 3.02. The molecule has 0 saturated carbocycles. The summed E-state index contributed by atoms with van der Waals surface area (Å²) in [5.74, 6) is 2.58. The van der Waals surface area contributed by atoms with Gasteiger partial charge in [0.15, 0.2) is 23.0 Å². The fourth-order valence-electron chi connectivity index (χ4n) is 5.20. The van der Waals surface area contributed by atoms with Crippen molar-refractivity contribution in [1.82, 2.24) is 0 Å². The van der Waals surface area contributed by atoms with Crippen molar-refractivity contribution in [3.63, 3.8) is 0 Å². The van der Waals surface area contributed by atoms with Crippen LogP contribution in [-0.2, 0) is 35.6 Å². The van der Waals surface area contributed by atoms with E-state index in [0.717, 1.165) is 35.1 Å². The van der Waals surface area contributed by atoms with E-state index in [1.807, 2.05) is 97.1 Å². The van der Waals surface area contributed by atoms with Crippen molar-refractivity contribution in [3.05, 3.63) is 119 Å². The Balaban J connectivity index is 1.28. The number of hydrogen-bond acceptors (Lipinski definition) is 6. The zero-order chi connectivity index (χ0) is 28.4. The van der Waals surface area contributed by atoms with Crippen LogP contribution in [0.2, 0.25) is 0 Å². The molecule has 0 aliphatic carbocycles. The summed E-state index contributed by atoms with van der Waals surface area (Å²) in [6.07, 6.45) is 2.11. The molecule has 6 nitrogen and oxygen atoms in total. The molecule has 212 valence electrons. The minimum Gasteiger partial charge on any atom is -0.493 e. The van der Waals surface area contributed by atoms with E-state index in [0.29, 0.717) is 49.2 Å². The molecule has 0 amide bonds. The summed E-state index contributed by atoms with van der Waals surface area (Å²) in [5.41, 5.74) is 4.28. The summed E-state index contributed by atoms with van der Waals surface area (Å²) >= 11 is 0. The van der Waals surface area contributed by atoms with Gasteiger partial charge in [-0.1, -0.05) is 72.8 Å². The number of carbonyl (C=O) groups is 1. The van der Waals surface area contributed by atoms with Crippen molar-refractivity contribution < 1.29 is 28.5 Å². The highest BCUT2D eigenvalue weighted by molar-refractivity contribution is 5.73. The number of hydrogen-bond donors (Lipinski definition) is 0. The molecule has 6 heteroatoms. The number of ether oxygens (including phenoxy) is 5. The lowest BCUT2D eigenvalue weighted by atomic mass is 9.84. The molecule has 0 N–H and O–H groups in total. The van der Waals surface area contributed by atoms with Crippen LogP contribution in [0.1, 0.15) is 28.7 Å². The minimum atomic E-state index is -0.230. The van der Waals surface area contributed by atoms with Crippen LogP contribution in [0.5, 0.6) is 23.0 Å². The number of cyclic esters (lactones) is 1. The smallest absolute Gasteiger partial charge is 0.309 e. The van der Waals surface area contributed by atoms with Gasteiger partial charge in [0.05, 0.1) is 26.7 Å². The second-order valence-corrected chi connectivity index (χ2v) is 10.4. The van der Waals surface area contributed by atoms with Crippen molar-refractivity contribution in [3.8, 4) is 23.0 Å². The predicted octanol–water partition coefficient (Wildman–Crippen LogP) is 6.83. The maximum atomic E-state index is 12.8. The number of rotatable bonds is 12. The summed E-state index contributed by atoms with van der Waals surface area (Å²) in [7, 11) is 3.26. The van der Waals surface area contributed by atoms with Gasteiger partial charge in [-0.2, -0.15) is 0 Å². The largest absolute Gasteiger partial charge is 0.493 e. The van der Waals surface area contributed by atoms with E-state index >= 15 is 0 Å². The third-order valence-corrected chi connectivity index (χ3v) is 7.35. The third kappa shape index (κ3) is 7.60. The van der Waals surface area contributed by atoms with E-state index in [1.165, 1.54) is 0 Å². The van der Waals surface area contributed by atoms with Gasteiger partial charge in [0.25, 0.3) is 0 Å². The average molecular weight is 553 g/mol. The van der Waals surface area contributed by atoms with Gasteiger partial charge in [-0.15, -0.1) is 0 Å². The molecule has 0 radical (unpaired) electrons. The normalized spacial score (nSPS) is 16.5. The van der Waals surface area contributed by atoms with Crippen molar-refractivity contribution in [2.45, 2.75) is 32.5 Å². The Bertz CT molecular complexity index is 1420. The number of methoxy groups -OCH3 is 2. The maximum absolute atomic E-state index is 12.8. The van der Waals surface area contributed by atoms with E-state index in [2.05, 4.69) is 0 Å². The molecular formula is C35H36O6. The zero-order valence-corrected chi connectivity index (χ0v) is 23.6. The van der Waals surface area contributed by atoms with Crippen LogP contribution in [0.3, 0.4) is 0 Å². The van der Waals surface area contributed by atoms with Crippen LogP contribution < -0.4 is 18.9 Å². The quantitative estimate of drug-likeness (QED) is 0.180. The molecule has 0 spiro atoms. The fraction of sp³-hybridized carbons (Fsp3) is 0.286. The number of esters is 1. The van der Waals surface area contributed by atoms with Crippen LogP contribution in [0.25, 0.3) is 0 Å². The maximum Gasteiger partial charge on any atom is 0.309 e. The molecule has 1 fully saturated rings. The van der Waals surface area contributed by atoms with E-state index in [4.69, 9.17) is 23.7 Å². The molecule has 1 aliphatic heterocycles. The molecular weight excluding hydrogens is 516 g/mol. The van der Waals surface area contributed by atoms with Gasteiger partial charge in [-0.3, -0.25) is 4.79 Å². The number of carbonyl (C=O) groups excluding carboxylic acids is 1. The lowest BCUT2D eigenvalue weighted by molar-refractivity contribution is -0.156. The molecule has 1 unspecified atom stereocenters. The molecule has 2 atom stereocenters. The first-order valence-electron chi connectivity index (χ1n) is 13.9. The highest BCUT2D eigenvalue weighted by Gasteiger charge is 2.31. The molecule has 0 bridgehead atoms. The lowest BCUT2D eigenvalue weighted by Gasteiger charge is -2.28. The lowest BCUT2D eigenvalue weighted by Crippen LogP contribution is -2.32. The monoisotopic (exact) mass is 552 g/mol. The number of benzene rings is 4. The van der Waals surface area contributed by atoms with Crippen LogP contribution in [0.15, 0.2) is 97.1 Å². The Labute approximate surface area is 241 Å². The molecule has 1 aliphatic rings. The van der Waals surface area contributed by atoms with Crippen molar-refractivity contribution >= 4 is 5.97 Å². The third-order valence-electron chi connectivity index (χ3n) is 7.35. The highest BCUT2D eigenvalue weighted by atomic mass is 16.5. The van der Waals surface area contributed by atoms with E-state index < -0.39 is 0 Å². The van der Waals surface area contributed by atoms with E-state index in [9.17, 15) is 4.79 Å². The predicted molar refractivity (Wildman–Crippen MR) is 157 cm³/mol.